The normalized spacial score (nSPS) is 13.8. The molecule has 0 heterocycles. The van der Waals surface area contributed by atoms with Crippen LogP contribution in [0.4, 0.5) is 0 Å². The van der Waals surface area contributed by atoms with Crippen LogP contribution in [0.3, 0.4) is 0 Å². The number of isocyanates is 1. The Hall–Kier alpha value is -0.963. The van der Waals surface area contributed by atoms with E-state index >= 15 is 0 Å². The molecule has 0 aliphatic carbocycles. The van der Waals surface area contributed by atoms with E-state index in [2.05, 4.69) is 45.4 Å². The maximum atomic E-state index is 10.2. The summed E-state index contributed by atoms with van der Waals surface area (Å²) >= 11 is 0. The summed E-state index contributed by atoms with van der Waals surface area (Å²) < 4.78 is 6.03. The average molecular weight is 253 g/mol. The van der Waals surface area contributed by atoms with Crippen LogP contribution in [0.5, 0.6) is 0 Å². The first-order valence-electron chi connectivity index (χ1n) is 5.69. The molecule has 0 amide bonds. The number of hydrogen-bond donors (Lipinski definition) is 0. The molecule has 0 radical (unpaired) electrons. The largest absolute Gasteiger partial charge is 0.412 e. The summed E-state index contributed by atoms with van der Waals surface area (Å²) in [5.74, 6) is 0. The number of allylic oxidation sites excluding steroid dienone is 1. The third kappa shape index (κ3) is 4.82. The fourth-order valence-corrected chi connectivity index (χ4v) is 1.88. The summed E-state index contributed by atoms with van der Waals surface area (Å²) in [6.45, 7) is 16.9. The van der Waals surface area contributed by atoms with Crippen molar-refractivity contribution in [2.24, 2.45) is 4.99 Å². The van der Waals surface area contributed by atoms with Gasteiger partial charge in [0.25, 0.3) is 0 Å². The molecule has 0 saturated heterocycles. The van der Waals surface area contributed by atoms with Crippen molar-refractivity contribution in [3.8, 4) is 0 Å². The van der Waals surface area contributed by atoms with E-state index in [1.807, 2.05) is 0 Å². The SMILES string of the molecule is C=C/C(CO[Si](C)(C)C(C)(C)C)=C(\C)N=C=O. The summed E-state index contributed by atoms with van der Waals surface area (Å²) in [6, 6.07) is 0. The van der Waals surface area contributed by atoms with E-state index in [1.54, 1.807) is 13.0 Å². The molecule has 0 unspecified atom stereocenters. The molecule has 17 heavy (non-hydrogen) atoms. The van der Waals surface area contributed by atoms with Gasteiger partial charge in [-0.2, -0.15) is 4.99 Å². The second kappa shape index (κ2) is 6.10. The zero-order chi connectivity index (χ0) is 13.7. The minimum atomic E-state index is -1.77. The van der Waals surface area contributed by atoms with Crippen molar-refractivity contribution in [3.63, 3.8) is 0 Å². The highest BCUT2D eigenvalue weighted by Crippen LogP contribution is 2.36. The number of aliphatic imine (C=N–C) groups is 1. The van der Waals surface area contributed by atoms with Crippen LogP contribution in [0, 0.1) is 0 Å². The molecule has 96 valence electrons. The molecule has 0 aromatic carbocycles. The van der Waals surface area contributed by atoms with Crippen LogP contribution in [0.2, 0.25) is 18.1 Å². The minimum absolute atomic E-state index is 0.168. The Morgan fingerprint density at radius 1 is 1.47 bits per heavy atom. The summed E-state index contributed by atoms with van der Waals surface area (Å²) in [4.78, 5) is 13.8. The van der Waals surface area contributed by atoms with Crippen LogP contribution < -0.4 is 0 Å². The van der Waals surface area contributed by atoms with Gasteiger partial charge < -0.3 is 4.43 Å². The zero-order valence-electron chi connectivity index (χ0n) is 11.8. The van der Waals surface area contributed by atoms with E-state index in [4.69, 9.17) is 4.43 Å². The summed E-state index contributed by atoms with van der Waals surface area (Å²) in [5, 5.41) is 0.168. The van der Waals surface area contributed by atoms with E-state index in [9.17, 15) is 4.79 Å². The van der Waals surface area contributed by atoms with Gasteiger partial charge in [0.15, 0.2) is 8.32 Å². The molecule has 0 fully saturated rings. The summed E-state index contributed by atoms with van der Waals surface area (Å²) in [5.41, 5.74) is 1.46. The number of rotatable bonds is 5. The van der Waals surface area contributed by atoms with Crippen molar-refractivity contribution < 1.29 is 9.22 Å². The maximum Gasteiger partial charge on any atom is 0.240 e. The molecule has 0 bridgehead atoms. The molecule has 0 rings (SSSR count). The lowest BCUT2D eigenvalue weighted by Gasteiger charge is -2.36. The van der Waals surface area contributed by atoms with Crippen molar-refractivity contribution in [3.05, 3.63) is 23.9 Å². The van der Waals surface area contributed by atoms with Crippen molar-refractivity contribution in [2.45, 2.75) is 45.8 Å². The highest BCUT2D eigenvalue weighted by molar-refractivity contribution is 6.74. The van der Waals surface area contributed by atoms with Gasteiger partial charge in [-0.15, -0.1) is 0 Å². The second-order valence-corrected chi connectivity index (χ2v) is 10.4. The summed E-state index contributed by atoms with van der Waals surface area (Å²) in [7, 11) is -1.77. The molecule has 0 aliphatic rings. The average Bonchev–Trinajstić information content (AvgIpc) is 2.17. The van der Waals surface area contributed by atoms with Crippen LogP contribution in [0.15, 0.2) is 28.9 Å². The predicted molar refractivity (Wildman–Crippen MR) is 74.2 cm³/mol. The van der Waals surface area contributed by atoms with E-state index in [0.29, 0.717) is 12.3 Å². The van der Waals surface area contributed by atoms with Crippen molar-refractivity contribution in [1.29, 1.82) is 0 Å². The second-order valence-electron chi connectivity index (χ2n) is 5.57. The van der Waals surface area contributed by atoms with Crippen molar-refractivity contribution >= 4 is 14.4 Å². The smallest absolute Gasteiger partial charge is 0.240 e. The Labute approximate surface area is 105 Å². The van der Waals surface area contributed by atoms with Crippen LogP contribution in [0.1, 0.15) is 27.7 Å². The number of carbonyl (C=O) groups excluding carboxylic acids is 1. The molecular weight excluding hydrogens is 230 g/mol. The van der Waals surface area contributed by atoms with Gasteiger partial charge in [0, 0.05) is 0 Å². The van der Waals surface area contributed by atoms with Crippen molar-refractivity contribution in [2.75, 3.05) is 6.61 Å². The summed E-state index contributed by atoms with van der Waals surface area (Å²) in [6.07, 6.45) is 3.22. The van der Waals surface area contributed by atoms with Gasteiger partial charge >= 0.3 is 0 Å². The third-order valence-electron chi connectivity index (χ3n) is 3.32. The standard InChI is InChI=1S/C13H23NO2Si/c1-8-12(11(2)14-10-15)9-16-17(6,7)13(3,4)5/h8H,1,9H2,2-7H3/b12-11-. The Bertz CT molecular complexity index is 358. The van der Waals surface area contributed by atoms with Crippen LogP contribution in [-0.2, 0) is 9.22 Å². The lowest BCUT2D eigenvalue weighted by atomic mass is 10.2. The highest BCUT2D eigenvalue weighted by atomic mass is 28.4. The molecule has 0 spiro atoms. The quantitative estimate of drug-likeness (QED) is 0.323. The molecule has 3 nitrogen and oxygen atoms in total. The van der Waals surface area contributed by atoms with Gasteiger partial charge in [0.05, 0.1) is 12.3 Å². The molecule has 0 N–H and O–H groups in total. The minimum Gasteiger partial charge on any atom is -0.412 e. The fourth-order valence-electron chi connectivity index (χ4n) is 0.926. The van der Waals surface area contributed by atoms with E-state index in [0.717, 1.165) is 5.57 Å². The van der Waals surface area contributed by atoms with E-state index in [-0.39, 0.29) is 5.04 Å². The Balaban J connectivity index is 4.82. The molecule has 0 aromatic rings. The van der Waals surface area contributed by atoms with Crippen LogP contribution in [-0.4, -0.2) is 21.0 Å². The number of nitrogens with zero attached hydrogens (tertiary/aromatic N) is 1. The Morgan fingerprint density at radius 2 is 2.00 bits per heavy atom. The molecule has 0 atom stereocenters. The first kappa shape index (κ1) is 16.0. The monoisotopic (exact) mass is 253 g/mol. The predicted octanol–water partition coefficient (Wildman–Crippen LogP) is 3.80. The fraction of sp³-hybridized carbons (Fsp3) is 0.615. The lowest BCUT2D eigenvalue weighted by molar-refractivity contribution is 0.320. The van der Waals surface area contributed by atoms with Crippen molar-refractivity contribution in [1.82, 2.24) is 0 Å². The zero-order valence-corrected chi connectivity index (χ0v) is 12.8. The van der Waals surface area contributed by atoms with Gasteiger partial charge in [-0.3, -0.25) is 0 Å². The first-order valence-corrected chi connectivity index (χ1v) is 8.60. The Kier molecular flexibility index (Phi) is 5.76. The van der Waals surface area contributed by atoms with Crippen LogP contribution >= 0.6 is 0 Å². The molecule has 0 aliphatic heterocycles. The highest BCUT2D eigenvalue weighted by Gasteiger charge is 2.37. The molecule has 0 saturated carbocycles. The molecule has 0 aromatic heterocycles. The topological polar surface area (TPSA) is 38.7 Å². The van der Waals surface area contributed by atoms with Gasteiger partial charge in [-0.1, -0.05) is 33.4 Å². The van der Waals surface area contributed by atoms with Gasteiger partial charge in [0.2, 0.25) is 6.08 Å². The van der Waals surface area contributed by atoms with E-state index < -0.39 is 8.32 Å². The maximum absolute atomic E-state index is 10.2. The van der Waals surface area contributed by atoms with Gasteiger partial charge in [0.1, 0.15) is 0 Å². The number of hydrogen-bond acceptors (Lipinski definition) is 3. The third-order valence-corrected chi connectivity index (χ3v) is 7.80. The Morgan fingerprint density at radius 3 is 2.35 bits per heavy atom. The first-order chi connectivity index (χ1) is 7.65. The lowest BCUT2D eigenvalue weighted by Crippen LogP contribution is -2.41. The van der Waals surface area contributed by atoms with E-state index in [1.165, 1.54) is 6.08 Å². The van der Waals surface area contributed by atoms with Gasteiger partial charge in [-0.25, -0.2) is 4.79 Å². The molecular formula is C13H23NO2Si. The van der Waals surface area contributed by atoms with Gasteiger partial charge in [-0.05, 0) is 30.6 Å². The van der Waals surface area contributed by atoms with Crippen LogP contribution in [0.25, 0.3) is 0 Å². The molecule has 4 heteroatoms.